The van der Waals surface area contributed by atoms with Crippen LogP contribution < -0.4 is 5.32 Å². The molecule has 17 unspecified atom stereocenters. The van der Waals surface area contributed by atoms with E-state index in [2.05, 4.69) is 43.5 Å². The van der Waals surface area contributed by atoms with Crippen molar-refractivity contribution in [1.29, 1.82) is 0 Å². The maximum Gasteiger partial charge on any atom is 0.220 e. The first-order valence-corrected chi connectivity index (χ1v) is 27.2. The van der Waals surface area contributed by atoms with Crippen LogP contribution in [0, 0.1) is 0 Å². The lowest BCUT2D eigenvalue weighted by atomic mass is 9.96. The molecule has 420 valence electrons. The minimum Gasteiger partial charge on any atom is -0.394 e. The van der Waals surface area contributed by atoms with E-state index in [-0.39, 0.29) is 18.9 Å². The van der Waals surface area contributed by atoms with Crippen LogP contribution in [0.3, 0.4) is 0 Å². The number of ether oxygens (including phenoxy) is 6. The molecular formula is C53H95NO18. The molecule has 17 atom stereocenters. The highest BCUT2D eigenvalue weighted by molar-refractivity contribution is 5.76. The minimum atomic E-state index is -1.98. The monoisotopic (exact) mass is 1030 g/mol. The molecule has 0 aromatic rings. The van der Waals surface area contributed by atoms with Gasteiger partial charge in [0.2, 0.25) is 5.91 Å². The highest BCUT2D eigenvalue weighted by atomic mass is 16.8. The Balaban J connectivity index is 1.54. The Labute approximate surface area is 428 Å². The van der Waals surface area contributed by atoms with Crippen molar-refractivity contribution in [1.82, 2.24) is 5.32 Å². The lowest BCUT2D eigenvalue weighted by Crippen LogP contribution is -2.66. The first kappa shape index (κ1) is 64.3. The molecule has 0 spiro atoms. The highest BCUT2D eigenvalue weighted by Crippen LogP contribution is 2.33. The van der Waals surface area contributed by atoms with Crippen LogP contribution in [0.4, 0.5) is 0 Å². The summed E-state index contributed by atoms with van der Waals surface area (Å²) in [5, 5.41) is 120. The summed E-state index contributed by atoms with van der Waals surface area (Å²) in [4.78, 5) is 13.2. The van der Waals surface area contributed by atoms with Crippen molar-refractivity contribution in [3.63, 3.8) is 0 Å². The van der Waals surface area contributed by atoms with Gasteiger partial charge in [0.1, 0.15) is 73.2 Å². The summed E-state index contributed by atoms with van der Waals surface area (Å²) in [5.41, 5.74) is 0. The van der Waals surface area contributed by atoms with Gasteiger partial charge in [-0.25, -0.2) is 0 Å². The van der Waals surface area contributed by atoms with E-state index in [4.69, 9.17) is 28.4 Å². The molecule has 0 bridgehead atoms. The summed E-state index contributed by atoms with van der Waals surface area (Å²) >= 11 is 0. The fourth-order valence-electron chi connectivity index (χ4n) is 9.10. The maximum atomic E-state index is 13.2. The van der Waals surface area contributed by atoms with Gasteiger partial charge >= 0.3 is 0 Å². The maximum absolute atomic E-state index is 13.2. The van der Waals surface area contributed by atoms with Crippen molar-refractivity contribution < 1.29 is 89.4 Å². The number of hydrogen-bond acceptors (Lipinski definition) is 18. The molecule has 0 saturated carbocycles. The first-order chi connectivity index (χ1) is 34.8. The molecule has 3 fully saturated rings. The number of aliphatic hydroxyl groups excluding tert-OH is 11. The average molecular weight is 1030 g/mol. The van der Waals surface area contributed by atoms with Gasteiger partial charge in [-0.15, -0.1) is 0 Å². The second-order valence-electron chi connectivity index (χ2n) is 19.7. The Morgan fingerprint density at radius 1 is 0.486 bits per heavy atom. The molecule has 3 aliphatic heterocycles. The van der Waals surface area contributed by atoms with Crippen LogP contribution >= 0.6 is 0 Å². The van der Waals surface area contributed by atoms with Crippen molar-refractivity contribution in [2.75, 3.05) is 26.4 Å². The van der Waals surface area contributed by atoms with E-state index in [1.54, 1.807) is 6.08 Å². The standard InChI is InChI=1S/C53H95NO18/c1-3-5-7-9-11-13-14-15-16-17-18-19-20-21-22-23-24-26-28-30-37(58)36(54-41(59)31-29-27-25-12-10-8-6-4-2)35-67-51-47(65)44(62)49(39(33-56)69-51)72-53-48(66)45(63)50(40(34-57)70-53)71-52-46(64)43(61)42(60)38(32-55)68-52/h18-19,22-23,28,30,36-40,42-53,55-58,60-66H,3-17,20-21,24-27,29,31-35H2,1-2H3,(H,54,59)/b19-18+,23-22+,30-28+. The van der Waals surface area contributed by atoms with Crippen LogP contribution in [-0.2, 0) is 33.2 Å². The van der Waals surface area contributed by atoms with Crippen molar-refractivity contribution >= 4 is 5.91 Å². The summed E-state index contributed by atoms with van der Waals surface area (Å²) in [6.07, 6.45) is 10.3. The third-order valence-electron chi connectivity index (χ3n) is 13.7. The van der Waals surface area contributed by atoms with Crippen LogP contribution in [-0.4, -0.2) is 193 Å². The third kappa shape index (κ3) is 22.7. The summed E-state index contributed by atoms with van der Waals surface area (Å²) < 4.78 is 34.1. The molecule has 19 heteroatoms. The highest BCUT2D eigenvalue weighted by Gasteiger charge is 2.53. The van der Waals surface area contributed by atoms with Gasteiger partial charge in [0.15, 0.2) is 18.9 Å². The number of rotatable bonds is 38. The number of carbonyl (C=O) groups excluding carboxylic acids is 1. The predicted octanol–water partition coefficient (Wildman–Crippen LogP) is 2.98. The Hall–Kier alpha value is -1.99. The molecule has 19 nitrogen and oxygen atoms in total. The van der Waals surface area contributed by atoms with E-state index < -0.39 is 124 Å². The summed E-state index contributed by atoms with van der Waals surface area (Å²) in [7, 11) is 0. The van der Waals surface area contributed by atoms with Crippen LogP contribution in [0.25, 0.3) is 0 Å². The molecule has 0 aliphatic carbocycles. The molecule has 0 radical (unpaired) electrons. The SMILES string of the molecule is CCCCCCCCCCC/C=C/CC/C=C/CC/C=C/C(O)C(COC1OC(CO)C(OC2OC(CO)C(OC3OC(CO)C(O)C(O)C3O)C(O)C2O)C(O)C1O)NC(=O)CCCCCCCCCC. The molecule has 0 aromatic carbocycles. The Morgan fingerprint density at radius 3 is 1.39 bits per heavy atom. The minimum absolute atomic E-state index is 0.232. The van der Waals surface area contributed by atoms with E-state index in [0.717, 1.165) is 51.4 Å². The molecule has 3 saturated heterocycles. The van der Waals surface area contributed by atoms with Gasteiger partial charge in [-0.2, -0.15) is 0 Å². The largest absolute Gasteiger partial charge is 0.394 e. The lowest BCUT2D eigenvalue weighted by Gasteiger charge is -2.48. The van der Waals surface area contributed by atoms with Gasteiger partial charge in [-0.05, 0) is 44.9 Å². The van der Waals surface area contributed by atoms with E-state index in [1.807, 2.05) is 6.08 Å². The van der Waals surface area contributed by atoms with Crippen LogP contribution in [0.15, 0.2) is 36.5 Å². The topological polar surface area (TPSA) is 307 Å². The fraction of sp³-hybridized carbons (Fsp3) is 0.868. The molecule has 12 N–H and O–H groups in total. The number of hydrogen-bond donors (Lipinski definition) is 12. The van der Waals surface area contributed by atoms with Gasteiger partial charge in [0.25, 0.3) is 0 Å². The number of carbonyl (C=O) groups is 1. The normalized spacial score (nSPS) is 32.3. The number of amides is 1. The summed E-state index contributed by atoms with van der Waals surface area (Å²) in [6, 6.07) is -0.990. The van der Waals surface area contributed by atoms with Gasteiger partial charge in [0, 0.05) is 6.42 Å². The number of nitrogens with one attached hydrogen (secondary N) is 1. The summed E-state index contributed by atoms with van der Waals surface area (Å²) in [5.74, 6) is -0.297. The van der Waals surface area contributed by atoms with Crippen molar-refractivity contribution in [3.05, 3.63) is 36.5 Å². The van der Waals surface area contributed by atoms with E-state index in [0.29, 0.717) is 12.8 Å². The first-order valence-electron chi connectivity index (χ1n) is 27.2. The Morgan fingerprint density at radius 2 is 0.889 bits per heavy atom. The number of unbranched alkanes of at least 4 members (excludes halogenated alkanes) is 18. The molecule has 0 aromatic heterocycles. The van der Waals surface area contributed by atoms with Gasteiger partial charge in [0.05, 0.1) is 38.6 Å². The fourth-order valence-corrected chi connectivity index (χ4v) is 9.10. The van der Waals surface area contributed by atoms with Gasteiger partial charge in [-0.1, -0.05) is 147 Å². The van der Waals surface area contributed by atoms with E-state index in [1.165, 1.54) is 77.0 Å². The molecule has 3 rings (SSSR count). The van der Waals surface area contributed by atoms with Crippen molar-refractivity contribution in [2.24, 2.45) is 0 Å². The van der Waals surface area contributed by atoms with Crippen molar-refractivity contribution in [2.45, 2.75) is 266 Å². The zero-order valence-corrected chi connectivity index (χ0v) is 43.1. The molecule has 1 amide bonds. The number of aliphatic hydroxyl groups is 11. The quantitative estimate of drug-likeness (QED) is 0.0313. The number of allylic oxidation sites excluding steroid dienone is 5. The molecule has 72 heavy (non-hydrogen) atoms. The van der Waals surface area contributed by atoms with Crippen molar-refractivity contribution in [3.8, 4) is 0 Å². The third-order valence-corrected chi connectivity index (χ3v) is 13.7. The van der Waals surface area contributed by atoms with E-state index >= 15 is 0 Å². The predicted molar refractivity (Wildman–Crippen MR) is 268 cm³/mol. The second-order valence-corrected chi connectivity index (χ2v) is 19.7. The van der Waals surface area contributed by atoms with Crippen LogP contribution in [0.2, 0.25) is 0 Å². The average Bonchev–Trinajstić information content (AvgIpc) is 3.37. The molecular weight excluding hydrogens is 939 g/mol. The Kier molecular flexibility index (Phi) is 33.7. The lowest BCUT2D eigenvalue weighted by molar-refractivity contribution is -0.379. The van der Waals surface area contributed by atoms with Gasteiger partial charge < -0.3 is 89.9 Å². The van der Waals surface area contributed by atoms with Crippen LogP contribution in [0.1, 0.15) is 162 Å². The molecule has 3 aliphatic rings. The van der Waals surface area contributed by atoms with E-state index in [9.17, 15) is 61.0 Å². The molecule has 3 heterocycles. The second kappa shape index (κ2) is 37.7. The zero-order chi connectivity index (χ0) is 52.7. The summed E-state index contributed by atoms with van der Waals surface area (Å²) in [6.45, 7) is 1.62. The zero-order valence-electron chi connectivity index (χ0n) is 43.1. The van der Waals surface area contributed by atoms with Crippen LogP contribution in [0.5, 0.6) is 0 Å². The smallest absolute Gasteiger partial charge is 0.220 e. The Bertz CT molecular complexity index is 1470. The van der Waals surface area contributed by atoms with Gasteiger partial charge in [-0.3, -0.25) is 4.79 Å².